The summed E-state index contributed by atoms with van der Waals surface area (Å²) in [7, 11) is 0. The molecule has 3 N–H and O–H groups in total. The van der Waals surface area contributed by atoms with Crippen LogP contribution in [0.15, 0.2) is 54.6 Å². The Morgan fingerprint density at radius 2 is 1.92 bits per heavy atom. The molecule has 2 aromatic carbocycles. The topological polar surface area (TPSA) is 81.4 Å². The quantitative estimate of drug-likeness (QED) is 0.833. The third-order valence-electron chi connectivity index (χ3n) is 5.24. The predicted octanol–water partition coefficient (Wildman–Crippen LogP) is 2.41. The fraction of sp³-hybridized carbons (Fsp3) is 0.238. The molecule has 2 aliphatic rings. The summed E-state index contributed by atoms with van der Waals surface area (Å²) in [4.78, 5) is 23.3. The second-order valence-electron chi connectivity index (χ2n) is 6.84. The molecule has 2 aromatic rings. The Labute approximate surface area is 151 Å². The highest BCUT2D eigenvalue weighted by Crippen LogP contribution is 2.55. The molecule has 1 heterocycles. The van der Waals surface area contributed by atoms with E-state index in [1.54, 1.807) is 30.3 Å². The molecule has 1 saturated carbocycles. The van der Waals surface area contributed by atoms with Crippen LogP contribution < -0.4 is 15.8 Å². The van der Waals surface area contributed by atoms with Crippen molar-refractivity contribution in [1.82, 2.24) is 5.32 Å². The van der Waals surface area contributed by atoms with Crippen LogP contribution >= 0.6 is 0 Å². The summed E-state index contributed by atoms with van der Waals surface area (Å²) in [6, 6.07) is 15.0. The molecule has 1 aliphatic heterocycles. The lowest BCUT2D eigenvalue weighted by Gasteiger charge is -2.26. The van der Waals surface area contributed by atoms with Crippen LogP contribution in [-0.4, -0.2) is 24.5 Å². The SMILES string of the molecule is NC(=O)c1ccc(/C=C/C(=O)NC2CC23CCOc2ccccc23)cc1. The lowest BCUT2D eigenvalue weighted by molar-refractivity contribution is -0.116. The number of carbonyl (C=O) groups excluding carboxylic acids is 2. The molecule has 5 heteroatoms. The number of hydrogen-bond donors (Lipinski definition) is 2. The molecule has 2 unspecified atom stereocenters. The van der Waals surface area contributed by atoms with Gasteiger partial charge in [0.2, 0.25) is 11.8 Å². The highest BCUT2D eigenvalue weighted by Gasteiger charge is 2.58. The maximum absolute atomic E-state index is 12.3. The number of benzene rings is 2. The fourth-order valence-corrected chi connectivity index (χ4v) is 3.70. The van der Waals surface area contributed by atoms with Crippen molar-refractivity contribution in [1.29, 1.82) is 0 Å². The van der Waals surface area contributed by atoms with Crippen LogP contribution in [0.5, 0.6) is 5.75 Å². The number of hydrogen-bond acceptors (Lipinski definition) is 3. The maximum Gasteiger partial charge on any atom is 0.248 e. The van der Waals surface area contributed by atoms with E-state index in [9.17, 15) is 9.59 Å². The van der Waals surface area contributed by atoms with E-state index in [2.05, 4.69) is 11.4 Å². The molecule has 1 aliphatic carbocycles. The number of amides is 2. The molecule has 2 amide bonds. The van der Waals surface area contributed by atoms with Gasteiger partial charge in [-0.3, -0.25) is 9.59 Å². The highest BCUT2D eigenvalue weighted by molar-refractivity contribution is 5.94. The minimum atomic E-state index is -0.464. The zero-order valence-corrected chi connectivity index (χ0v) is 14.3. The Morgan fingerprint density at radius 3 is 2.69 bits per heavy atom. The number of nitrogens with one attached hydrogen (secondary N) is 1. The van der Waals surface area contributed by atoms with E-state index in [0.29, 0.717) is 12.2 Å². The summed E-state index contributed by atoms with van der Waals surface area (Å²) in [5.74, 6) is 0.351. The molecule has 1 spiro atoms. The zero-order valence-electron chi connectivity index (χ0n) is 14.3. The molecule has 0 saturated heterocycles. The van der Waals surface area contributed by atoms with Crippen LogP contribution in [0.3, 0.4) is 0 Å². The Balaban J connectivity index is 1.40. The average Bonchev–Trinajstić information content (AvgIpc) is 3.33. The number of carbonyl (C=O) groups is 2. The van der Waals surface area contributed by atoms with Gasteiger partial charge in [0.1, 0.15) is 5.75 Å². The van der Waals surface area contributed by atoms with Crippen molar-refractivity contribution in [2.75, 3.05) is 6.61 Å². The second-order valence-corrected chi connectivity index (χ2v) is 6.84. The van der Waals surface area contributed by atoms with Crippen LogP contribution in [0.25, 0.3) is 6.08 Å². The van der Waals surface area contributed by atoms with E-state index in [4.69, 9.17) is 10.5 Å². The maximum atomic E-state index is 12.3. The summed E-state index contributed by atoms with van der Waals surface area (Å²) in [6.07, 6.45) is 5.12. The van der Waals surface area contributed by atoms with Crippen molar-refractivity contribution >= 4 is 17.9 Å². The van der Waals surface area contributed by atoms with Crippen LogP contribution in [0, 0.1) is 0 Å². The zero-order chi connectivity index (χ0) is 18.1. The van der Waals surface area contributed by atoms with Crippen LogP contribution in [0.2, 0.25) is 0 Å². The molecule has 1 fully saturated rings. The molecule has 2 atom stereocenters. The van der Waals surface area contributed by atoms with Gasteiger partial charge in [0, 0.05) is 28.7 Å². The number of primary amides is 1. The lowest BCUT2D eigenvalue weighted by Crippen LogP contribution is -2.32. The monoisotopic (exact) mass is 348 g/mol. The Kier molecular flexibility index (Phi) is 3.99. The van der Waals surface area contributed by atoms with E-state index in [0.717, 1.165) is 24.2 Å². The normalized spacial score (nSPS) is 23.3. The van der Waals surface area contributed by atoms with E-state index in [1.807, 2.05) is 18.2 Å². The van der Waals surface area contributed by atoms with Gasteiger partial charge in [-0.1, -0.05) is 30.3 Å². The Hall–Kier alpha value is -3.08. The molecule has 0 bridgehead atoms. The molecule has 132 valence electrons. The number of rotatable bonds is 4. The Morgan fingerprint density at radius 1 is 1.15 bits per heavy atom. The first-order chi connectivity index (χ1) is 12.6. The minimum absolute atomic E-state index is 0.0154. The van der Waals surface area contributed by atoms with Crippen molar-refractivity contribution < 1.29 is 14.3 Å². The summed E-state index contributed by atoms with van der Waals surface area (Å²) in [5.41, 5.74) is 7.72. The predicted molar refractivity (Wildman–Crippen MR) is 98.8 cm³/mol. The van der Waals surface area contributed by atoms with E-state index in [1.165, 1.54) is 11.6 Å². The molecule has 0 aromatic heterocycles. The largest absolute Gasteiger partial charge is 0.493 e. The third-order valence-corrected chi connectivity index (χ3v) is 5.24. The number of para-hydroxylation sites is 1. The standard InChI is InChI=1S/C21H20N2O3/c22-20(25)15-8-5-14(6-9-15)7-10-19(24)23-18-13-21(18)11-12-26-17-4-2-1-3-16(17)21/h1-10,18H,11-13H2,(H2,22,25)(H,23,24)/b10-7+. The first-order valence-electron chi connectivity index (χ1n) is 8.69. The molecule has 5 nitrogen and oxygen atoms in total. The van der Waals surface area contributed by atoms with Gasteiger partial charge >= 0.3 is 0 Å². The van der Waals surface area contributed by atoms with Gasteiger partial charge in [-0.15, -0.1) is 0 Å². The highest BCUT2D eigenvalue weighted by atomic mass is 16.5. The summed E-state index contributed by atoms with van der Waals surface area (Å²) in [6.45, 7) is 0.686. The van der Waals surface area contributed by atoms with Crippen molar-refractivity contribution in [3.05, 3.63) is 71.3 Å². The lowest BCUT2D eigenvalue weighted by atomic mass is 9.89. The van der Waals surface area contributed by atoms with Crippen molar-refractivity contribution in [2.45, 2.75) is 24.3 Å². The Bertz CT molecular complexity index is 888. The first kappa shape index (κ1) is 16.4. The van der Waals surface area contributed by atoms with Crippen molar-refractivity contribution in [3.8, 4) is 5.75 Å². The van der Waals surface area contributed by atoms with E-state index in [-0.39, 0.29) is 17.4 Å². The van der Waals surface area contributed by atoms with Crippen molar-refractivity contribution in [3.63, 3.8) is 0 Å². The van der Waals surface area contributed by atoms with Gasteiger partial charge < -0.3 is 15.8 Å². The summed E-state index contributed by atoms with van der Waals surface area (Å²) >= 11 is 0. The van der Waals surface area contributed by atoms with E-state index < -0.39 is 5.91 Å². The molecule has 26 heavy (non-hydrogen) atoms. The number of ether oxygens (including phenoxy) is 1. The van der Waals surface area contributed by atoms with Crippen LogP contribution in [0.4, 0.5) is 0 Å². The van der Waals surface area contributed by atoms with Crippen LogP contribution in [0.1, 0.15) is 34.3 Å². The first-order valence-corrected chi connectivity index (χ1v) is 8.69. The van der Waals surface area contributed by atoms with Crippen LogP contribution in [-0.2, 0) is 10.2 Å². The molecule has 0 radical (unpaired) electrons. The van der Waals surface area contributed by atoms with Gasteiger partial charge in [-0.05, 0) is 42.7 Å². The smallest absolute Gasteiger partial charge is 0.248 e. The average molecular weight is 348 g/mol. The molecular weight excluding hydrogens is 328 g/mol. The fourth-order valence-electron chi connectivity index (χ4n) is 3.70. The van der Waals surface area contributed by atoms with Crippen molar-refractivity contribution in [2.24, 2.45) is 5.73 Å². The van der Waals surface area contributed by atoms with Gasteiger partial charge in [-0.25, -0.2) is 0 Å². The van der Waals surface area contributed by atoms with Gasteiger partial charge in [0.25, 0.3) is 0 Å². The van der Waals surface area contributed by atoms with Gasteiger partial charge in [0.15, 0.2) is 0 Å². The summed E-state index contributed by atoms with van der Waals surface area (Å²) < 4.78 is 5.72. The molecule has 4 rings (SSSR count). The number of fused-ring (bicyclic) bond motifs is 2. The summed E-state index contributed by atoms with van der Waals surface area (Å²) in [5, 5.41) is 3.10. The van der Waals surface area contributed by atoms with E-state index >= 15 is 0 Å². The molecular formula is C21H20N2O3. The second kappa shape index (κ2) is 6.33. The number of nitrogens with two attached hydrogens (primary N) is 1. The van der Waals surface area contributed by atoms with Gasteiger partial charge in [0.05, 0.1) is 6.61 Å². The third kappa shape index (κ3) is 2.96. The minimum Gasteiger partial charge on any atom is -0.493 e. The van der Waals surface area contributed by atoms with Gasteiger partial charge in [-0.2, -0.15) is 0 Å².